The van der Waals surface area contributed by atoms with Gasteiger partial charge in [-0.1, -0.05) is 6.42 Å². The van der Waals surface area contributed by atoms with Crippen LogP contribution >= 0.6 is 0 Å². The second kappa shape index (κ2) is 8.33. The van der Waals surface area contributed by atoms with Crippen LogP contribution in [0.1, 0.15) is 19.3 Å². The van der Waals surface area contributed by atoms with Crippen molar-refractivity contribution in [2.45, 2.75) is 19.3 Å². The number of carbonyl (C=O) groups is 1. The Kier molecular flexibility index (Phi) is 4.81. The lowest BCUT2D eigenvalue weighted by Crippen LogP contribution is -2.28. The molecule has 0 aromatic carbocycles. The second-order valence-corrected chi connectivity index (χ2v) is 9.02. The average molecular weight is 494 g/mol. The maximum Gasteiger partial charge on any atom is 0.227 e. The quantitative estimate of drug-likeness (QED) is 0.303. The van der Waals surface area contributed by atoms with Crippen molar-refractivity contribution in [3.8, 4) is 33.9 Å². The van der Waals surface area contributed by atoms with Gasteiger partial charge in [0.15, 0.2) is 17.3 Å². The van der Waals surface area contributed by atoms with Gasteiger partial charge in [0.2, 0.25) is 5.91 Å². The summed E-state index contributed by atoms with van der Waals surface area (Å²) >= 11 is 0. The van der Waals surface area contributed by atoms with Crippen molar-refractivity contribution in [2.75, 3.05) is 5.32 Å². The molecule has 0 aliphatic heterocycles. The molecule has 182 valence electrons. The summed E-state index contributed by atoms with van der Waals surface area (Å²) in [4.78, 5) is 33.0. The minimum atomic E-state index is -0.575. The summed E-state index contributed by atoms with van der Waals surface area (Å²) < 4.78 is 21.2. The molecule has 1 aliphatic carbocycles. The highest BCUT2D eigenvalue weighted by Gasteiger charge is 2.26. The van der Waals surface area contributed by atoms with E-state index in [9.17, 15) is 4.79 Å². The number of nitrogens with one attached hydrogen (secondary N) is 3. The zero-order chi connectivity index (χ0) is 24.9. The minimum absolute atomic E-state index is 0.0238. The van der Waals surface area contributed by atoms with Crippen LogP contribution in [0.4, 0.5) is 10.1 Å². The summed E-state index contributed by atoms with van der Waals surface area (Å²) in [5, 5.41) is 10.3. The summed E-state index contributed by atoms with van der Waals surface area (Å²) in [7, 11) is 0. The molecule has 0 unspecified atom stereocenters. The zero-order valence-electron chi connectivity index (χ0n) is 19.3. The number of furan rings is 1. The first kappa shape index (κ1) is 21.4. The number of imidazole rings is 1. The molecule has 7 rings (SSSR count). The maximum absolute atomic E-state index is 16.0. The molecule has 1 fully saturated rings. The van der Waals surface area contributed by atoms with Gasteiger partial charge in [-0.15, -0.1) is 0 Å². The number of pyridine rings is 3. The molecule has 1 saturated carbocycles. The molecular weight excluding hydrogens is 475 g/mol. The SMILES string of the molecule is O=C(Nc1cncc(-c2ncc3[nH]nc(-c4nc5nccc(-c6ccoc6)c5[nH]4)c3c2F)c1)C1CCC1. The lowest BCUT2D eigenvalue weighted by molar-refractivity contribution is -0.122. The van der Waals surface area contributed by atoms with E-state index in [2.05, 4.69) is 40.4 Å². The largest absolute Gasteiger partial charge is 0.472 e. The Morgan fingerprint density at radius 1 is 1.11 bits per heavy atom. The van der Waals surface area contributed by atoms with Crippen molar-refractivity contribution in [1.82, 2.24) is 35.1 Å². The Hall–Kier alpha value is -4.93. The van der Waals surface area contributed by atoms with E-state index in [4.69, 9.17) is 4.42 Å². The van der Waals surface area contributed by atoms with Gasteiger partial charge in [-0.05, 0) is 31.0 Å². The normalized spacial score (nSPS) is 13.8. The number of fused-ring (bicyclic) bond motifs is 2. The Bertz CT molecular complexity index is 1790. The number of hydrogen-bond donors (Lipinski definition) is 3. The van der Waals surface area contributed by atoms with Crippen LogP contribution in [0, 0.1) is 11.7 Å². The molecule has 10 nitrogen and oxygen atoms in total. The van der Waals surface area contributed by atoms with E-state index in [1.54, 1.807) is 31.0 Å². The van der Waals surface area contributed by atoms with Crippen molar-refractivity contribution < 1.29 is 13.6 Å². The van der Waals surface area contributed by atoms with Gasteiger partial charge < -0.3 is 14.7 Å². The maximum atomic E-state index is 16.0. The van der Waals surface area contributed by atoms with Crippen molar-refractivity contribution in [3.05, 3.63) is 61.3 Å². The van der Waals surface area contributed by atoms with Gasteiger partial charge in [-0.2, -0.15) is 5.10 Å². The Labute approximate surface area is 208 Å². The fourth-order valence-electron chi connectivity index (χ4n) is 4.58. The van der Waals surface area contributed by atoms with Crippen LogP contribution in [0.15, 0.2) is 59.9 Å². The fraction of sp³-hybridized carbons (Fsp3) is 0.154. The summed E-state index contributed by atoms with van der Waals surface area (Å²) in [6.07, 6.45) is 12.3. The first-order chi connectivity index (χ1) is 18.2. The number of H-pyrrole nitrogens is 2. The van der Waals surface area contributed by atoms with E-state index in [-0.39, 0.29) is 22.9 Å². The Morgan fingerprint density at radius 3 is 2.84 bits per heavy atom. The summed E-state index contributed by atoms with van der Waals surface area (Å²) in [5.41, 5.74) is 4.62. The molecule has 0 radical (unpaired) electrons. The van der Waals surface area contributed by atoms with E-state index >= 15 is 4.39 Å². The predicted octanol–water partition coefficient (Wildman–Crippen LogP) is 5.10. The van der Waals surface area contributed by atoms with Crippen LogP contribution in [0.3, 0.4) is 0 Å². The van der Waals surface area contributed by atoms with E-state index < -0.39 is 5.82 Å². The Balaban J connectivity index is 1.30. The van der Waals surface area contributed by atoms with Crippen molar-refractivity contribution in [3.63, 3.8) is 0 Å². The van der Waals surface area contributed by atoms with Gasteiger partial charge in [-0.3, -0.25) is 19.9 Å². The fourth-order valence-corrected chi connectivity index (χ4v) is 4.58. The highest BCUT2D eigenvalue weighted by Crippen LogP contribution is 2.34. The lowest BCUT2D eigenvalue weighted by Gasteiger charge is -2.24. The standard InChI is InChI=1S/C26H19FN8O2/c27-20-19-18(11-30-21(20)15-8-16(10-28-9-15)31-26(36)13-2-1-3-13)34-35-23(19)25-32-22-17(14-5-7-37-12-14)4-6-29-24(22)33-25/h4-13H,1-3H2,(H,31,36)(H,34,35)(H,29,32,33). The minimum Gasteiger partial charge on any atom is -0.472 e. The molecule has 0 saturated heterocycles. The van der Waals surface area contributed by atoms with E-state index in [1.807, 2.05) is 12.1 Å². The monoisotopic (exact) mass is 494 g/mol. The Morgan fingerprint density at radius 2 is 2.03 bits per heavy atom. The number of aromatic amines is 2. The third-order valence-corrected chi connectivity index (χ3v) is 6.75. The van der Waals surface area contributed by atoms with Crippen molar-refractivity contribution in [2.24, 2.45) is 5.92 Å². The van der Waals surface area contributed by atoms with Crippen LogP contribution in [0.5, 0.6) is 0 Å². The number of aromatic nitrogens is 7. The molecule has 37 heavy (non-hydrogen) atoms. The zero-order valence-corrected chi connectivity index (χ0v) is 19.3. The molecular formula is C26H19FN8O2. The number of carbonyl (C=O) groups excluding carboxylic acids is 1. The molecule has 0 atom stereocenters. The van der Waals surface area contributed by atoms with Crippen LogP contribution in [-0.2, 0) is 4.79 Å². The number of rotatable bonds is 5. The average Bonchev–Trinajstić information content (AvgIpc) is 3.62. The summed E-state index contributed by atoms with van der Waals surface area (Å²) in [6.45, 7) is 0. The lowest BCUT2D eigenvalue weighted by atomic mass is 9.85. The van der Waals surface area contributed by atoms with Gasteiger partial charge in [-0.25, -0.2) is 14.4 Å². The molecule has 1 amide bonds. The van der Waals surface area contributed by atoms with Gasteiger partial charge in [0.25, 0.3) is 0 Å². The number of nitrogens with zero attached hydrogens (tertiary/aromatic N) is 5. The molecule has 11 heteroatoms. The van der Waals surface area contributed by atoms with E-state index in [1.165, 1.54) is 12.4 Å². The highest BCUT2D eigenvalue weighted by molar-refractivity contribution is 5.97. The second-order valence-electron chi connectivity index (χ2n) is 9.02. The smallest absolute Gasteiger partial charge is 0.227 e. The topological polar surface area (TPSA) is 138 Å². The van der Waals surface area contributed by atoms with E-state index in [0.29, 0.717) is 39.4 Å². The first-order valence-electron chi connectivity index (χ1n) is 11.8. The van der Waals surface area contributed by atoms with Gasteiger partial charge in [0.1, 0.15) is 11.4 Å². The number of amides is 1. The van der Waals surface area contributed by atoms with Crippen LogP contribution < -0.4 is 5.32 Å². The molecule has 3 N–H and O–H groups in total. The summed E-state index contributed by atoms with van der Waals surface area (Å²) in [6, 6.07) is 5.36. The molecule has 6 aromatic rings. The van der Waals surface area contributed by atoms with Gasteiger partial charge in [0.05, 0.1) is 47.0 Å². The predicted molar refractivity (Wildman–Crippen MR) is 134 cm³/mol. The van der Waals surface area contributed by atoms with Gasteiger partial charge in [0, 0.05) is 35.0 Å². The van der Waals surface area contributed by atoms with Crippen LogP contribution in [-0.4, -0.2) is 41.0 Å². The number of hydrogen-bond acceptors (Lipinski definition) is 7. The number of anilines is 1. The molecule has 6 heterocycles. The van der Waals surface area contributed by atoms with Crippen molar-refractivity contribution >= 4 is 33.7 Å². The molecule has 0 bridgehead atoms. The van der Waals surface area contributed by atoms with Gasteiger partial charge >= 0.3 is 0 Å². The number of halogens is 1. The summed E-state index contributed by atoms with van der Waals surface area (Å²) in [5.74, 6) is -0.232. The molecule has 1 aliphatic rings. The van der Waals surface area contributed by atoms with Crippen LogP contribution in [0.2, 0.25) is 0 Å². The first-order valence-corrected chi connectivity index (χ1v) is 11.8. The third kappa shape index (κ3) is 3.54. The third-order valence-electron chi connectivity index (χ3n) is 6.75. The highest BCUT2D eigenvalue weighted by atomic mass is 19.1. The van der Waals surface area contributed by atoms with Crippen molar-refractivity contribution in [1.29, 1.82) is 0 Å². The molecule has 0 spiro atoms. The molecule has 6 aromatic heterocycles. The van der Waals surface area contributed by atoms with Crippen LogP contribution in [0.25, 0.3) is 56.0 Å². The van der Waals surface area contributed by atoms with E-state index in [0.717, 1.165) is 30.4 Å².